The van der Waals surface area contributed by atoms with Gasteiger partial charge in [0.1, 0.15) is 18.1 Å². The Bertz CT molecular complexity index is 1060. The van der Waals surface area contributed by atoms with Gasteiger partial charge in [-0.1, -0.05) is 5.16 Å². The molecular weight excluding hydrogens is 412 g/mol. The molecule has 1 aliphatic carbocycles. The van der Waals surface area contributed by atoms with E-state index in [1.54, 1.807) is 15.8 Å². The highest BCUT2D eigenvalue weighted by Gasteiger charge is 2.36. The number of hydrogen-bond acceptors (Lipinski definition) is 6. The Balaban J connectivity index is 1.37. The summed E-state index contributed by atoms with van der Waals surface area (Å²) in [5, 5.41) is 8.16. The topological polar surface area (TPSA) is 77.0 Å². The zero-order chi connectivity index (χ0) is 20.8. The maximum atomic E-state index is 14.3. The molecule has 7 nitrogen and oxygen atoms in total. The number of halogens is 2. The van der Waals surface area contributed by atoms with Crippen LogP contribution in [0, 0.1) is 0 Å². The minimum Gasteiger partial charge on any atom is -0.360 e. The highest BCUT2D eigenvalue weighted by Crippen LogP contribution is 2.38. The van der Waals surface area contributed by atoms with E-state index < -0.39 is 18.3 Å². The van der Waals surface area contributed by atoms with Gasteiger partial charge < -0.3 is 9.42 Å². The number of rotatable bonds is 3. The lowest BCUT2D eigenvalue weighted by Gasteiger charge is -2.31. The lowest BCUT2D eigenvalue weighted by atomic mass is 9.84. The second-order valence-electron chi connectivity index (χ2n) is 8.04. The molecule has 30 heavy (non-hydrogen) atoms. The van der Waals surface area contributed by atoms with Gasteiger partial charge in [-0.05, 0) is 35.5 Å². The minimum absolute atomic E-state index is 0.0217. The van der Waals surface area contributed by atoms with Crippen molar-refractivity contribution in [1.82, 2.24) is 24.2 Å². The van der Waals surface area contributed by atoms with E-state index in [1.165, 1.54) is 17.6 Å². The van der Waals surface area contributed by atoms with Crippen LogP contribution in [-0.4, -0.2) is 49.0 Å². The van der Waals surface area contributed by atoms with Crippen molar-refractivity contribution in [1.29, 1.82) is 0 Å². The van der Waals surface area contributed by atoms with Crippen LogP contribution in [0.3, 0.4) is 0 Å². The number of aromatic nitrogens is 4. The number of aryl methyl sites for hydroxylation is 1. The quantitative estimate of drug-likeness (QED) is 0.631. The van der Waals surface area contributed by atoms with E-state index in [4.69, 9.17) is 4.52 Å². The summed E-state index contributed by atoms with van der Waals surface area (Å²) in [5.74, 6) is -0.528. The fourth-order valence-electron chi connectivity index (χ4n) is 4.41. The predicted octanol–water partition coefficient (Wildman–Crippen LogP) is 3.60. The Morgan fingerprint density at radius 3 is 2.93 bits per heavy atom. The number of alkyl halides is 2. The molecule has 1 aliphatic heterocycles. The first kappa shape index (κ1) is 19.3. The Morgan fingerprint density at radius 1 is 1.30 bits per heavy atom. The van der Waals surface area contributed by atoms with Crippen LogP contribution in [0.5, 0.6) is 0 Å². The first-order chi connectivity index (χ1) is 14.5. The van der Waals surface area contributed by atoms with Crippen molar-refractivity contribution in [3.8, 4) is 0 Å². The van der Waals surface area contributed by atoms with Gasteiger partial charge in [-0.15, -0.1) is 0 Å². The molecular formula is C20H21F2N5O2S. The normalized spacial score (nSPS) is 26.6. The molecule has 4 atom stereocenters. The molecule has 10 heteroatoms. The molecule has 0 bridgehead atoms. The maximum absolute atomic E-state index is 14.3. The lowest BCUT2D eigenvalue weighted by Crippen LogP contribution is -2.38. The molecule has 5 rings (SSSR count). The van der Waals surface area contributed by atoms with Crippen molar-refractivity contribution in [3.63, 3.8) is 0 Å². The molecule has 0 aromatic carbocycles. The fourth-order valence-corrected chi connectivity index (χ4v) is 5.21. The monoisotopic (exact) mass is 433 g/mol. The first-order valence-electron chi connectivity index (χ1n) is 9.95. The van der Waals surface area contributed by atoms with Gasteiger partial charge in [0.15, 0.2) is 5.69 Å². The summed E-state index contributed by atoms with van der Waals surface area (Å²) in [4.78, 5) is 15.9. The van der Waals surface area contributed by atoms with Crippen LogP contribution in [0.4, 0.5) is 8.78 Å². The van der Waals surface area contributed by atoms with Crippen molar-refractivity contribution in [2.24, 2.45) is 7.05 Å². The minimum atomic E-state index is -1.32. The van der Waals surface area contributed by atoms with Crippen molar-refractivity contribution >= 4 is 17.4 Å². The maximum Gasteiger partial charge on any atom is 0.276 e. The van der Waals surface area contributed by atoms with Crippen LogP contribution < -0.4 is 0 Å². The van der Waals surface area contributed by atoms with Gasteiger partial charge in [-0.2, -0.15) is 5.10 Å². The SMILES string of the molecule is Cn1cc(C2CN(C(=O)c3cc(C4CCC(F)CC4F)on3)Cc3sncc32)cn1. The Kier molecular flexibility index (Phi) is 4.88. The van der Waals surface area contributed by atoms with Crippen LogP contribution in [0.2, 0.25) is 0 Å². The molecule has 0 N–H and O–H groups in total. The smallest absolute Gasteiger partial charge is 0.276 e. The Labute approximate surface area is 175 Å². The summed E-state index contributed by atoms with van der Waals surface area (Å²) >= 11 is 1.38. The van der Waals surface area contributed by atoms with E-state index in [2.05, 4.69) is 14.6 Å². The zero-order valence-electron chi connectivity index (χ0n) is 16.4. The first-order valence-corrected chi connectivity index (χ1v) is 10.7. The summed E-state index contributed by atoms with van der Waals surface area (Å²) in [7, 11) is 1.85. The molecule has 0 saturated heterocycles. The summed E-state index contributed by atoms with van der Waals surface area (Å²) in [6, 6.07) is 1.51. The number of fused-ring (bicyclic) bond motifs is 1. The molecule has 1 fully saturated rings. The molecule has 3 aromatic heterocycles. The van der Waals surface area contributed by atoms with E-state index in [9.17, 15) is 13.6 Å². The van der Waals surface area contributed by atoms with Gasteiger partial charge in [-0.3, -0.25) is 9.48 Å². The predicted molar refractivity (Wildman–Crippen MR) is 105 cm³/mol. The number of nitrogens with zero attached hydrogens (tertiary/aromatic N) is 5. The third-order valence-electron chi connectivity index (χ3n) is 6.03. The average molecular weight is 433 g/mol. The van der Waals surface area contributed by atoms with Crippen molar-refractivity contribution in [3.05, 3.63) is 52.1 Å². The van der Waals surface area contributed by atoms with Gasteiger partial charge in [0.2, 0.25) is 0 Å². The second kappa shape index (κ2) is 7.57. The van der Waals surface area contributed by atoms with E-state index >= 15 is 0 Å². The van der Waals surface area contributed by atoms with Crippen molar-refractivity contribution < 1.29 is 18.1 Å². The molecule has 4 heterocycles. The molecule has 3 aromatic rings. The van der Waals surface area contributed by atoms with Gasteiger partial charge in [-0.25, -0.2) is 13.2 Å². The van der Waals surface area contributed by atoms with Gasteiger partial charge in [0.25, 0.3) is 5.91 Å². The van der Waals surface area contributed by atoms with Crippen molar-refractivity contribution in [2.75, 3.05) is 6.54 Å². The largest absolute Gasteiger partial charge is 0.360 e. The third-order valence-corrected chi connectivity index (χ3v) is 6.82. The van der Waals surface area contributed by atoms with Crippen LogP contribution in [0.1, 0.15) is 63.4 Å². The molecule has 1 amide bonds. The number of carbonyl (C=O) groups is 1. The highest BCUT2D eigenvalue weighted by atomic mass is 32.1. The molecule has 0 spiro atoms. The lowest BCUT2D eigenvalue weighted by molar-refractivity contribution is 0.0716. The summed E-state index contributed by atoms with van der Waals surface area (Å²) in [5.41, 5.74) is 2.28. The third kappa shape index (κ3) is 3.42. The Hall–Kier alpha value is -2.62. The van der Waals surface area contributed by atoms with Gasteiger partial charge in [0.05, 0.1) is 18.7 Å². The number of hydrogen-bond donors (Lipinski definition) is 0. The van der Waals surface area contributed by atoms with E-state index in [-0.39, 0.29) is 23.9 Å². The van der Waals surface area contributed by atoms with Gasteiger partial charge >= 0.3 is 0 Å². The van der Waals surface area contributed by atoms with Crippen LogP contribution in [0.15, 0.2) is 29.2 Å². The van der Waals surface area contributed by atoms with Crippen LogP contribution in [0.25, 0.3) is 0 Å². The standard InChI is InChI=1S/C20H21F2N5O2S/c1-26-8-11(6-23-26)15-9-27(10-19-14(15)7-24-30-19)20(28)17-5-18(29-25-17)13-3-2-12(21)4-16(13)22/h5-8,12-13,15-16H,2-4,9-10H2,1H3. The summed E-state index contributed by atoms with van der Waals surface area (Å²) in [6.07, 6.45) is 3.66. The zero-order valence-corrected chi connectivity index (χ0v) is 17.2. The van der Waals surface area contributed by atoms with Crippen molar-refractivity contribution in [2.45, 2.75) is 50.0 Å². The number of carbonyl (C=O) groups excluding carboxylic acids is 1. The van der Waals surface area contributed by atoms with Crippen LogP contribution >= 0.6 is 11.5 Å². The Morgan fingerprint density at radius 2 is 2.17 bits per heavy atom. The average Bonchev–Trinajstić information content (AvgIpc) is 3.47. The van der Waals surface area contributed by atoms with Gasteiger partial charge in [0, 0.05) is 49.3 Å². The summed E-state index contributed by atoms with van der Waals surface area (Å²) < 4.78 is 39.0. The molecule has 2 aliphatic rings. The second-order valence-corrected chi connectivity index (χ2v) is 8.92. The molecule has 158 valence electrons. The van der Waals surface area contributed by atoms with E-state index in [1.807, 2.05) is 19.4 Å². The molecule has 1 saturated carbocycles. The molecule has 4 unspecified atom stereocenters. The molecule has 0 radical (unpaired) electrons. The fraction of sp³-hybridized carbons (Fsp3) is 0.500. The highest BCUT2D eigenvalue weighted by molar-refractivity contribution is 7.05. The van der Waals surface area contributed by atoms with E-state index in [0.29, 0.717) is 31.7 Å². The summed E-state index contributed by atoms with van der Waals surface area (Å²) in [6.45, 7) is 0.910. The number of amides is 1. The van der Waals surface area contributed by atoms with E-state index in [0.717, 1.165) is 16.0 Å². The van der Waals surface area contributed by atoms with Crippen LogP contribution in [-0.2, 0) is 13.6 Å².